The van der Waals surface area contributed by atoms with E-state index in [9.17, 15) is 18.8 Å². The molecule has 0 heterocycles. The summed E-state index contributed by atoms with van der Waals surface area (Å²) < 4.78 is 13.6. The second-order valence-corrected chi connectivity index (χ2v) is 5.63. The van der Waals surface area contributed by atoms with E-state index in [4.69, 9.17) is 0 Å². The van der Waals surface area contributed by atoms with E-state index < -0.39 is 11.7 Å². The number of benzene rings is 2. The molecule has 136 valence electrons. The van der Waals surface area contributed by atoms with Crippen molar-refractivity contribution in [3.8, 4) is 0 Å². The number of halogens is 1. The molecule has 0 aliphatic carbocycles. The van der Waals surface area contributed by atoms with E-state index in [2.05, 4.69) is 10.6 Å². The molecule has 26 heavy (non-hydrogen) atoms. The van der Waals surface area contributed by atoms with Crippen molar-refractivity contribution in [1.29, 1.82) is 0 Å². The standard InChI is InChI=1S/C19H20FN3O3/c1-13(24)22-15-7-9-16(10-8-15)23(14(2)25)12-11-21-19(26)17-5-3-4-6-18(17)20/h3-10H,11-12H2,1-2H3,(H,21,26)(H,22,24). The van der Waals surface area contributed by atoms with Gasteiger partial charge in [0.1, 0.15) is 5.82 Å². The van der Waals surface area contributed by atoms with Crippen molar-refractivity contribution >= 4 is 29.1 Å². The van der Waals surface area contributed by atoms with E-state index in [1.54, 1.807) is 30.3 Å². The highest BCUT2D eigenvalue weighted by Gasteiger charge is 2.14. The van der Waals surface area contributed by atoms with E-state index in [-0.39, 0.29) is 30.5 Å². The highest BCUT2D eigenvalue weighted by atomic mass is 19.1. The van der Waals surface area contributed by atoms with Crippen molar-refractivity contribution in [3.63, 3.8) is 0 Å². The van der Waals surface area contributed by atoms with Gasteiger partial charge < -0.3 is 15.5 Å². The second-order valence-electron chi connectivity index (χ2n) is 5.63. The van der Waals surface area contributed by atoms with Crippen molar-refractivity contribution < 1.29 is 18.8 Å². The summed E-state index contributed by atoms with van der Waals surface area (Å²) in [6.45, 7) is 3.23. The minimum atomic E-state index is -0.595. The van der Waals surface area contributed by atoms with E-state index in [1.807, 2.05) is 0 Å². The summed E-state index contributed by atoms with van der Waals surface area (Å²) in [5.41, 5.74) is 1.21. The molecule has 0 radical (unpaired) electrons. The Morgan fingerprint density at radius 2 is 1.65 bits per heavy atom. The molecular weight excluding hydrogens is 337 g/mol. The minimum Gasteiger partial charge on any atom is -0.350 e. The fourth-order valence-electron chi connectivity index (χ4n) is 2.42. The van der Waals surface area contributed by atoms with Crippen LogP contribution in [0.15, 0.2) is 48.5 Å². The number of amides is 3. The first-order chi connectivity index (χ1) is 12.4. The quantitative estimate of drug-likeness (QED) is 0.834. The molecule has 2 aromatic rings. The predicted molar refractivity (Wildman–Crippen MR) is 97.5 cm³/mol. The zero-order valence-electron chi connectivity index (χ0n) is 14.6. The van der Waals surface area contributed by atoms with Gasteiger partial charge in [-0.05, 0) is 36.4 Å². The van der Waals surface area contributed by atoms with Gasteiger partial charge in [-0.15, -0.1) is 0 Å². The smallest absolute Gasteiger partial charge is 0.254 e. The lowest BCUT2D eigenvalue weighted by Gasteiger charge is -2.21. The van der Waals surface area contributed by atoms with Gasteiger partial charge in [-0.2, -0.15) is 0 Å². The van der Waals surface area contributed by atoms with Crippen LogP contribution in [0, 0.1) is 5.82 Å². The summed E-state index contributed by atoms with van der Waals surface area (Å²) >= 11 is 0. The molecule has 0 atom stereocenters. The lowest BCUT2D eigenvalue weighted by Crippen LogP contribution is -2.37. The molecule has 0 bridgehead atoms. The van der Waals surface area contributed by atoms with Crippen LogP contribution in [0.1, 0.15) is 24.2 Å². The van der Waals surface area contributed by atoms with Gasteiger partial charge in [-0.3, -0.25) is 14.4 Å². The van der Waals surface area contributed by atoms with Crippen molar-refractivity contribution in [2.75, 3.05) is 23.3 Å². The lowest BCUT2D eigenvalue weighted by molar-refractivity contribution is -0.116. The van der Waals surface area contributed by atoms with Crippen molar-refractivity contribution in [2.24, 2.45) is 0 Å². The largest absolute Gasteiger partial charge is 0.350 e. The first-order valence-corrected chi connectivity index (χ1v) is 8.07. The first-order valence-electron chi connectivity index (χ1n) is 8.07. The zero-order valence-corrected chi connectivity index (χ0v) is 14.6. The van der Waals surface area contributed by atoms with Crippen LogP contribution in [-0.4, -0.2) is 30.8 Å². The summed E-state index contributed by atoms with van der Waals surface area (Å²) in [5.74, 6) is -1.51. The van der Waals surface area contributed by atoms with E-state index >= 15 is 0 Å². The Morgan fingerprint density at radius 3 is 2.23 bits per heavy atom. The van der Waals surface area contributed by atoms with Crippen LogP contribution in [0.3, 0.4) is 0 Å². The maximum atomic E-state index is 13.6. The molecule has 2 aromatic carbocycles. The van der Waals surface area contributed by atoms with E-state index in [0.29, 0.717) is 11.4 Å². The van der Waals surface area contributed by atoms with E-state index in [0.717, 1.165) is 0 Å². The van der Waals surface area contributed by atoms with Gasteiger partial charge in [-0.25, -0.2) is 4.39 Å². The van der Waals surface area contributed by atoms with Gasteiger partial charge in [0, 0.05) is 38.3 Å². The summed E-state index contributed by atoms with van der Waals surface area (Å²) in [6, 6.07) is 12.5. The molecule has 6 nitrogen and oxygen atoms in total. The Bertz CT molecular complexity index is 806. The van der Waals surface area contributed by atoms with Gasteiger partial charge in [-0.1, -0.05) is 12.1 Å². The monoisotopic (exact) mass is 357 g/mol. The maximum Gasteiger partial charge on any atom is 0.254 e. The molecule has 0 unspecified atom stereocenters. The Hall–Kier alpha value is -3.22. The minimum absolute atomic E-state index is 0.0402. The number of hydrogen-bond acceptors (Lipinski definition) is 3. The number of nitrogens with zero attached hydrogens (tertiary/aromatic N) is 1. The average molecular weight is 357 g/mol. The van der Waals surface area contributed by atoms with Crippen LogP contribution < -0.4 is 15.5 Å². The molecule has 7 heteroatoms. The number of carbonyl (C=O) groups excluding carboxylic acids is 3. The Kier molecular flexibility index (Phi) is 6.43. The van der Waals surface area contributed by atoms with Crippen LogP contribution >= 0.6 is 0 Å². The average Bonchev–Trinajstić information content (AvgIpc) is 2.59. The van der Waals surface area contributed by atoms with Crippen molar-refractivity contribution in [3.05, 3.63) is 59.9 Å². The summed E-state index contributed by atoms with van der Waals surface area (Å²) in [6.07, 6.45) is 0. The van der Waals surface area contributed by atoms with Crippen LogP contribution in [-0.2, 0) is 9.59 Å². The summed E-state index contributed by atoms with van der Waals surface area (Å²) in [5, 5.41) is 5.25. The summed E-state index contributed by atoms with van der Waals surface area (Å²) in [7, 11) is 0. The lowest BCUT2D eigenvalue weighted by atomic mass is 10.2. The molecule has 0 aromatic heterocycles. The zero-order chi connectivity index (χ0) is 19.1. The van der Waals surface area contributed by atoms with E-state index in [1.165, 1.54) is 36.9 Å². The molecular formula is C19H20FN3O3. The van der Waals surface area contributed by atoms with Crippen LogP contribution in [0.2, 0.25) is 0 Å². The second kappa shape index (κ2) is 8.75. The summed E-state index contributed by atoms with van der Waals surface area (Å²) in [4.78, 5) is 36.4. The van der Waals surface area contributed by atoms with Gasteiger partial charge in [0.2, 0.25) is 11.8 Å². The molecule has 0 saturated heterocycles. The number of anilines is 2. The van der Waals surface area contributed by atoms with Crippen molar-refractivity contribution in [2.45, 2.75) is 13.8 Å². The highest BCUT2D eigenvalue weighted by Crippen LogP contribution is 2.18. The third-order valence-electron chi connectivity index (χ3n) is 3.62. The van der Waals surface area contributed by atoms with Gasteiger partial charge >= 0.3 is 0 Å². The van der Waals surface area contributed by atoms with Gasteiger partial charge in [0.25, 0.3) is 5.91 Å². The number of carbonyl (C=O) groups is 3. The molecule has 3 amide bonds. The number of rotatable bonds is 6. The van der Waals surface area contributed by atoms with Gasteiger partial charge in [0.05, 0.1) is 5.56 Å². The Balaban J connectivity index is 1.98. The molecule has 0 fully saturated rings. The van der Waals surface area contributed by atoms with Crippen LogP contribution in [0.5, 0.6) is 0 Å². The van der Waals surface area contributed by atoms with Crippen LogP contribution in [0.4, 0.5) is 15.8 Å². The molecule has 0 saturated carbocycles. The Morgan fingerprint density at radius 1 is 1.00 bits per heavy atom. The molecule has 0 aliphatic heterocycles. The normalized spacial score (nSPS) is 10.1. The third kappa shape index (κ3) is 5.14. The number of hydrogen-bond donors (Lipinski definition) is 2. The molecule has 2 N–H and O–H groups in total. The first kappa shape index (κ1) is 19.1. The van der Waals surface area contributed by atoms with Crippen LogP contribution in [0.25, 0.3) is 0 Å². The van der Waals surface area contributed by atoms with Crippen molar-refractivity contribution in [1.82, 2.24) is 5.32 Å². The fraction of sp³-hybridized carbons (Fsp3) is 0.211. The van der Waals surface area contributed by atoms with Gasteiger partial charge in [0.15, 0.2) is 0 Å². The fourth-order valence-corrected chi connectivity index (χ4v) is 2.42. The Labute approximate surface area is 151 Å². The SMILES string of the molecule is CC(=O)Nc1ccc(N(CCNC(=O)c2ccccc2F)C(C)=O)cc1. The number of nitrogens with one attached hydrogen (secondary N) is 2. The third-order valence-corrected chi connectivity index (χ3v) is 3.62. The predicted octanol–water partition coefficient (Wildman–Crippen LogP) is 2.57. The topological polar surface area (TPSA) is 78.5 Å². The highest BCUT2D eigenvalue weighted by molar-refractivity contribution is 5.95. The molecule has 2 rings (SSSR count). The molecule has 0 spiro atoms. The maximum absolute atomic E-state index is 13.6. The molecule has 0 aliphatic rings.